The standard InChI is InChI=1S/C14H11FN4O4S2/c1-19-11(6-10(17-19)14(20)21)18-25(22,23)12-7-24-13(16-12)8-2-4-9(15)5-3-8/h2-7,18H,1H3,(H,20,21). The van der Waals surface area contributed by atoms with Crippen LogP contribution < -0.4 is 4.72 Å². The van der Waals surface area contributed by atoms with Crippen LogP contribution in [-0.2, 0) is 17.1 Å². The number of hydrogen-bond donors (Lipinski definition) is 2. The Hall–Kier alpha value is -2.79. The van der Waals surface area contributed by atoms with E-state index in [0.29, 0.717) is 10.6 Å². The summed E-state index contributed by atoms with van der Waals surface area (Å²) in [6.07, 6.45) is 0. The topological polar surface area (TPSA) is 114 Å². The lowest BCUT2D eigenvalue weighted by Gasteiger charge is -2.05. The van der Waals surface area contributed by atoms with Gasteiger partial charge in [-0.05, 0) is 24.3 Å². The minimum atomic E-state index is -4.02. The van der Waals surface area contributed by atoms with Crippen LogP contribution in [0.15, 0.2) is 40.7 Å². The Bertz CT molecular complexity index is 1040. The SMILES string of the molecule is Cn1nc(C(=O)O)cc1NS(=O)(=O)c1csc(-c2ccc(F)cc2)n1. The molecule has 1 aromatic carbocycles. The highest BCUT2D eigenvalue weighted by Gasteiger charge is 2.22. The first-order chi connectivity index (χ1) is 11.8. The van der Waals surface area contributed by atoms with Crippen LogP contribution in [0, 0.1) is 5.82 Å². The second kappa shape index (κ2) is 6.26. The van der Waals surface area contributed by atoms with Crippen molar-refractivity contribution in [3.63, 3.8) is 0 Å². The summed E-state index contributed by atoms with van der Waals surface area (Å²) in [5.41, 5.74) is 0.298. The average molecular weight is 382 g/mol. The van der Waals surface area contributed by atoms with Crippen molar-refractivity contribution in [3.05, 3.63) is 47.2 Å². The summed E-state index contributed by atoms with van der Waals surface area (Å²) in [7, 11) is -2.61. The van der Waals surface area contributed by atoms with E-state index >= 15 is 0 Å². The van der Waals surface area contributed by atoms with Gasteiger partial charge >= 0.3 is 5.97 Å². The third-order valence-corrected chi connectivity index (χ3v) is 5.47. The van der Waals surface area contributed by atoms with E-state index in [1.165, 1.54) is 36.7 Å². The molecule has 0 aliphatic carbocycles. The van der Waals surface area contributed by atoms with Gasteiger partial charge in [0, 0.05) is 24.1 Å². The summed E-state index contributed by atoms with van der Waals surface area (Å²) in [6, 6.07) is 6.61. The van der Waals surface area contributed by atoms with Crippen molar-refractivity contribution >= 4 is 33.1 Å². The van der Waals surface area contributed by atoms with Gasteiger partial charge in [-0.3, -0.25) is 9.40 Å². The summed E-state index contributed by atoms with van der Waals surface area (Å²) >= 11 is 1.09. The predicted octanol–water partition coefficient (Wildman–Crippen LogP) is 2.18. The Morgan fingerprint density at radius 3 is 2.60 bits per heavy atom. The van der Waals surface area contributed by atoms with Crippen LogP contribution in [-0.4, -0.2) is 34.3 Å². The fourth-order valence-corrected chi connectivity index (χ4v) is 4.14. The zero-order valence-corrected chi connectivity index (χ0v) is 14.3. The molecule has 0 aliphatic heterocycles. The predicted molar refractivity (Wildman–Crippen MR) is 88.5 cm³/mol. The van der Waals surface area contributed by atoms with Gasteiger partial charge in [-0.15, -0.1) is 11.3 Å². The van der Waals surface area contributed by atoms with Crippen LogP contribution in [0.1, 0.15) is 10.5 Å². The van der Waals surface area contributed by atoms with Crippen molar-refractivity contribution in [2.75, 3.05) is 4.72 Å². The Labute approximate surface area is 145 Å². The summed E-state index contributed by atoms with van der Waals surface area (Å²) in [6.45, 7) is 0. The van der Waals surface area contributed by atoms with Crippen LogP contribution in [0.4, 0.5) is 10.2 Å². The second-order valence-electron chi connectivity index (χ2n) is 4.95. The zero-order valence-electron chi connectivity index (χ0n) is 12.7. The number of benzene rings is 1. The van der Waals surface area contributed by atoms with E-state index in [1.54, 1.807) is 0 Å². The molecular weight excluding hydrogens is 371 g/mol. The van der Waals surface area contributed by atoms with Crippen molar-refractivity contribution in [3.8, 4) is 10.6 Å². The van der Waals surface area contributed by atoms with E-state index in [2.05, 4.69) is 14.8 Å². The van der Waals surface area contributed by atoms with Crippen molar-refractivity contribution < 1.29 is 22.7 Å². The first-order valence-corrected chi connectivity index (χ1v) is 9.14. The number of halogens is 1. The summed E-state index contributed by atoms with van der Waals surface area (Å²) in [5, 5.41) is 14.1. The number of carboxylic acid groups (broad SMARTS) is 1. The molecule has 0 saturated carbocycles. The average Bonchev–Trinajstić information content (AvgIpc) is 3.16. The lowest BCUT2D eigenvalue weighted by Crippen LogP contribution is -2.15. The minimum Gasteiger partial charge on any atom is -0.476 e. The molecule has 130 valence electrons. The number of thiazole rings is 1. The van der Waals surface area contributed by atoms with Crippen molar-refractivity contribution in [2.24, 2.45) is 7.05 Å². The molecule has 0 radical (unpaired) electrons. The highest BCUT2D eigenvalue weighted by molar-refractivity contribution is 7.92. The van der Waals surface area contributed by atoms with Gasteiger partial charge < -0.3 is 5.11 Å². The maximum atomic E-state index is 13.0. The maximum Gasteiger partial charge on any atom is 0.356 e. The van der Waals surface area contributed by atoms with Crippen LogP contribution in [0.3, 0.4) is 0 Å². The van der Waals surface area contributed by atoms with E-state index in [-0.39, 0.29) is 16.5 Å². The highest BCUT2D eigenvalue weighted by atomic mass is 32.2. The molecule has 2 heterocycles. The number of rotatable bonds is 5. The number of anilines is 1. The maximum absolute atomic E-state index is 13.0. The van der Waals surface area contributed by atoms with Gasteiger partial charge in [0.25, 0.3) is 10.0 Å². The molecule has 0 spiro atoms. The largest absolute Gasteiger partial charge is 0.476 e. The van der Waals surface area contributed by atoms with Gasteiger partial charge in [0.2, 0.25) is 0 Å². The fraction of sp³-hybridized carbons (Fsp3) is 0.0714. The lowest BCUT2D eigenvalue weighted by atomic mass is 10.2. The molecule has 3 aromatic rings. The van der Waals surface area contributed by atoms with Crippen molar-refractivity contribution in [2.45, 2.75) is 5.03 Å². The molecule has 0 atom stereocenters. The number of hydrogen-bond acceptors (Lipinski definition) is 6. The number of aromatic nitrogens is 3. The number of nitrogens with one attached hydrogen (secondary N) is 1. The monoisotopic (exact) mass is 382 g/mol. The van der Waals surface area contributed by atoms with Crippen LogP contribution >= 0.6 is 11.3 Å². The van der Waals surface area contributed by atoms with E-state index in [1.807, 2.05) is 0 Å². The first-order valence-electron chi connectivity index (χ1n) is 6.78. The van der Waals surface area contributed by atoms with Gasteiger partial charge in [0.1, 0.15) is 16.6 Å². The molecule has 8 nitrogen and oxygen atoms in total. The van der Waals surface area contributed by atoms with E-state index in [4.69, 9.17) is 5.11 Å². The molecule has 0 amide bonds. The molecule has 0 fully saturated rings. The smallest absolute Gasteiger partial charge is 0.356 e. The van der Waals surface area contributed by atoms with Gasteiger partial charge in [-0.1, -0.05) is 0 Å². The minimum absolute atomic E-state index is 0.00580. The molecule has 0 saturated heterocycles. The quantitative estimate of drug-likeness (QED) is 0.699. The zero-order chi connectivity index (χ0) is 18.2. The van der Waals surface area contributed by atoms with Gasteiger partial charge in [-0.25, -0.2) is 14.2 Å². The van der Waals surface area contributed by atoms with Crippen LogP contribution in [0.2, 0.25) is 0 Å². The number of sulfonamides is 1. The first kappa shape index (κ1) is 17.0. The Morgan fingerprint density at radius 2 is 2.00 bits per heavy atom. The third-order valence-electron chi connectivity index (χ3n) is 3.19. The van der Waals surface area contributed by atoms with E-state index < -0.39 is 21.8 Å². The van der Waals surface area contributed by atoms with E-state index in [0.717, 1.165) is 22.1 Å². The molecule has 11 heteroatoms. The number of aryl methyl sites for hydroxylation is 1. The second-order valence-corrected chi connectivity index (χ2v) is 7.43. The Morgan fingerprint density at radius 1 is 1.32 bits per heavy atom. The fourth-order valence-electron chi connectivity index (χ4n) is 1.96. The van der Waals surface area contributed by atoms with Gasteiger partial charge in [0.05, 0.1) is 0 Å². The highest BCUT2D eigenvalue weighted by Crippen LogP contribution is 2.26. The van der Waals surface area contributed by atoms with Gasteiger partial charge in [-0.2, -0.15) is 13.5 Å². The molecular formula is C14H11FN4O4S2. The summed E-state index contributed by atoms with van der Waals surface area (Å²) in [4.78, 5) is 14.9. The molecule has 2 aromatic heterocycles. The molecule has 2 N–H and O–H groups in total. The molecule has 0 unspecified atom stereocenters. The van der Waals surface area contributed by atoms with Crippen molar-refractivity contribution in [1.29, 1.82) is 0 Å². The Balaban J connectivity index is 1.88. The van der Waals surface area contributed by atoms with E-state index in [9.17, 15) is 17.6 Å². The Kier molecular flexibility index (Phi) is 4.27. The molecule has 3 rings (SSSR count). The van der Waals surface area contributed by atoms with Crippen LogP contribution in [0.25, 0.3) is 10.6 Å². The number of aromatic carboxylic acids is 1. The lowest BCUT2D eigenvalue weighted by molar-refractivity contribution is 0.0689. The summed E-state index contributed by atoms with van der Waals surface area (Å²) < 4.78 is 41.1. The van der Waals surface area contributed by atoms with Crippen LogP contribution in [0.5, 0.6) is 0 Å². The normalized spacial score (nSPS) is 11.4. The van der Waals surface area contributed by atoms with Crippen molar-refractivity contribution in [1.82, 2.24) is 14.8 Å². The number of carboxylic acids is 1. The van der Waals surface area contributed by atoms with Gasteiger partial charge in [0.15, 0.2) is 10.7 Å². The number of nitrogens with zero attached hydrogens (tertiary/aromatic N) is 3. The third kappa shape index (κ3) is 3.51. The summed E-state index contributed by atoms with van der Waals surface area (Å²) in [5.74, 6) is -1.68. The molecule has 0 aliphatic rings. The molecule has 0 bridgehead atoms. The number of carbonyl (C=O) groups is 1. The molecule has 25 heavy (non-hydrogen) atoms.